The van der Waals surface area contributed by atoms with E-state index in [2.05, 4.69) is 15.4 Å². The highest BCUT2D eigenvalue weighted by molar-refractivity contribution is 5.87. The third kappa shape index (κ3) is 1.86. The fourth-order valence-corrected chi connectivity index (χ4v) is 2.85. The van der Waals surface area contributed by atoms with Crippen molar-refractivity contribution >= 4 is 16.9 Å². The maximum absolute atomic E-state index is 14.1. The number of rotatable bonds is 1. The first-order valence-electron chi connectivity index (χ1n) is 6.76. The van der Waals surface area contributed by atoms with Crippen LogP contribution in [0, 0.1) is 11.6 Å². The number of benzene rings is 1. The van der Waals surface area contributed by atoms with Gasteiger partial charge in [-0.1, -0.05) is 0 Å². The summed E-state index contributed by atoms with van der Waals surface area (Å²) < 4.78 is 29.2. The van der Waals surface area contributed by atoms with E-state index < -0.39 is 11.6 Å². The van der Waals surface area contributed by atoms with Crippen LogP contribution in [0.2, 0.25) is 0 Å². The van der Waals surface area contributed by atoms with E-state index in [1.54, 1.807) is 10.9 Å². The number of nitrogens with one attached hydrogen (secondary N) is 1. The van der Waals surface area contributed by atoms with Gasteiger partial charge in [0.2, 0.25) is 0 Å². The third-order valence-electron chi connectivity index (χ3n) is 3.80. The van der Waals surface area contributed by atoms with Gasteiger partial charge in [0.05, 0.1) is 11.4 Å². The second kappa shape index (κ2) is 4.51. The first kappa shape index (κ1) is 12.3. The van der Waals surface area contributed by atoms with Crippen LogP contribution in [0.3, 0.4) is 0 Å². The highest BCUT2D eigenvalue weighted by Crippen LogP contribution is 2.34. The minimum Gasteiger partial charge on any atom is -0.370 e. The van der Waals surface area contributed by atoms with Crippen LogP contribution in [0.15, 0.2) is 36.5 Å². The first-order chi connectivity index (χ1) is 10.2. The molecule has 0 saturated carbocycles. The van der Waals surface area contributed by atoms with E-state index in [9.17, 15) is 8.78 Å². The Bertz CT molecular complexity index is 828. The molecule has 6 heteroatoms. The summed E-state index contributed by atoms with van der Waals surface area (Å²) in [6, 6.07) is 6.95. The highest BCUT2D eigenvalue weighted by atomic mass is 19.1. The van der Waals surface area contributed by atoms with Crippen molar-refractivity contribution in [1.29, 1.82) is 0 Å². The van der Waals surface area contributed by atoms with Crippen molar-refractivity contribution in [2.45, 2.75) is 12.5 Å². The Balaban J connectivity index is 1.92. The molecule has 0 aliphatic carbocycles. The first-order valence-corrected chi connectivity index (χ1v) is 6.76. The molecule has 0 amide bonds. The van der Waals surface area contributed by atoms with Gasteiger partial charge in [-0.15, -0.1) is 5.10 Å². The van der Waals surface area contributed by atoms with Gasteiger partial charge in [0, 0.05) is 18.3 Å². The van der Waals surface area contributed by atoms with Crippen LogP contribution in [0.1, 0.15) is 18.0 Å². The average molecular weight is 286 g/mol. The lowest BCUT2D eigenvalue weighted by Crippen LogP contribution is -2.25. The molecule has 0 spiro atoms. The van der Waals surface area contributed by atoms with Gasteiger partial charge in [0.1, 0.15) is 17.5 Å². The molecule has 0 radical (unpaired) electrons. The van der Waals surface area contributed by atoms with E-state index in [0.29, 0.717) is 24.2 Å². The number of hydrogen-bond donors (Lipinski definition) is 1. The fraction of sp³-hybridized carbons (Fsp3) is 0.200. The van der Waals surface area contributed by atoms with Crippen molar-refractivity contribution in [3.63, 3.8) is 0 Å². The molecule has 106 valence electrons. The summed E-state index contributed by atoms with van der Waals surface area (Å²) in [5.74, 6) is -0.0545. The summed E-state index contributed by atoms with van der Waals surface area (Å²) in [6.07, 6.45) is 2.31. The van der Waals surface area contributed by atoms with E-state index in [4.69, 9.17) is 0 Å². The number of aromatic nitrogens is 3. The standard InChI is InChI=1S/C15H12F2N4/c16-9-3-4-12(17)11(8-9)13-5-7-19-15-10-2-1-6-18-14(10)20-21(13)15/h1-4,6,8,13,19H,5,7H2. The molecule has 1 N–H and O–H groups in total. The zero-order valence-corrected chi connectivity index (χ0v) is 11.1. The molecule has 0 saturated heterocycles. The Kier molecular flexibility index (Phi) is 2.63. The van der Waals surface area contributed by atoms with Gasteiger partial charge in [-0.3, -0.25) is 0 Å². The van der Waals surface area contributed by atoms with Crippen LogP contribution in [0.25, 0.3) is 11.0 Å². The maximum atomic E-state index is 14.1. The predicted molar refractivity (Wildman–Crippen MR) is 75.1 cm³/mol. The molecule has 1 aliphatic rings. The summed E-state index contributed by atoms with van der Waals surface area (Å²) in [5, 5.41) is 8.59. The lowest BCUT2D eigenvalue weighted by atomic mass is 10.0. The minimum atomic E-state index is -0.443. The normalized spacial score (nSPS) is 17.5. The number of halogens is 2. The lowest BCUT2D eigenvalue weighted by Gasteiger charge is -2.26. The van der Waals surface area contributed by atoms with Crippen molar-refractivity contribution in [2.75, 3.05) is 11.9 Å². The predicted octanol–water partition coefficient (Wildman–Crippen LogP) is 3.11. The van der Waals surface area contributed by atoms with Crippen molar-refractivity contribution in [3.05, 3.63) is 53.7 Å². The SMILES string of the molecule is Fc1ccc(F)c(C2CCNc3c4cccnc4nn32)c1. The van der Waals surface area contributed by atoms with Crippen LogP contribution in [-0.2, 0) is 0 Å². The molecule has 0 bridgehead atoms. The molecule has 4 nitrogen and oxygen atoms in total. The smallest absolute Gasteiger partial charge is 0.183 e. The topological polar surface area (TPSA) is 42.7 Å². The number of pyridine rings is 1. The largest absolute Gasteiger partial charge is 0.370 e. The number of hydrogen-bond acceptors (Lipinski definition) is 3. The second-order valence-corrected chi connectivity index (χ2v) is 5.06. The summed E-state index contributed by atoms with van der Waals surface area (Å²) in [6.45, 7) is 0.677. The maximum Gasteiger partial charge on any atom is 0.183 e. The van der Waals surface area contributed by atoms with Crippen LogP contribution in [0.5, 0.6) is 0 Å². The quantitative estimate of drug-likeness (QED) is 0.747. The van der Waals surface area contributed by atoms with Gasteiger partial charge in [-0.2, -0.15) is 0 Å². The number of anilines is 1. The number of fused-ring (bicyclic) bond motifs is 3. The molecule has 2 aromatic heterocycles. The van der Waals surface area contributed by atoms with Crippen molar-refractivity contribution in [3.8, 4) is 0 Å². The highest BCUT2D eigenvalue weighted by Gasteiger charge is 2.27. The van der Waals surface area contributed by atoms with Crippen molar-refractivity contribution in [2.24, 2.45) is 0 Å². The Hall–Kier alpha value is -2.50. The van der Waals surface area contributed by atoms with Crippen molar-refractivity contribution < 1.29 is 8.78 Å². The molecule has 1 unspecified atom stereocenters. The van der Waals surface area contributed by atoms with Gasteiger partial charge >= 0.3 is 0 Å². The molecule has 3 aromatic rings. The Morgan fingerprint density at radius 1 is 1.24 bits per heavy atom. The molecule has 3 heterocycles. The molecular weight excluding hydrogens is 274 g/mol. The Morgan fingerprint density at radius 2 is 2.14 bits per heavy atom. The molecular formula is C15H12F2N4. The zero-order chi connectivity index (χ0) is 14.4. The second-order valence-electron chi connectivity index (χ2n) is 5.06. The molecule has 0 fully saturated rings. The monoisotopic (exact) mass is 286 g/mol. The average Bonchev–Trinajstić information content (AvgIpc) is 2.88. The minimum absolute atomic E-state index is 0.325. The van der Waals surface area contributed by atoms with E-state index in [-0.39, 0.29) is 6.04 Å². The number of nitrogens with zero attached hydrogens (tertiary/aromatic N) is 3. The summed E-state index contributed by atoms with van der Waals surface area (Å²) in [7, 11) is 0. The van der Waals surface area contributed by atoms with Gasteiger partial charge in [-0.25, -0.2) is 18.4 Å². The van der Waals surface area contributed by atoms with Gasteiger partial charge < -0.3 is 5.32 Å². The molecule has 21 heavy (non-hydrogen) atoms. The fourth-order valence-electron chi connectivity index (χ4n) is 2.85. The Labute approximate surface area is 119 Å². The van der Waals surface area contributed by atoms with Crippen LogP contribution >= 0.6 is 0 Å². The van der Waals surface area contributed by atoms with Crippen molar-refractivity contribution in [1.82, 2.24) is 14.8 Å². The summed E-state index contributed by atoms with van der Waals surface area (Å²) >= 11 is 0. The van der Waals surface area contributed by atoms with E-state index in [1.165, 1.54) is 6.07 Å². The molecule has 1 atom stereocenters. The summed E-state index contributed by atoms with van der Waals surface area (Å²) in [5.41, 5.74) is 0.925. The van der Waals surface area contributed by atoms with Gasteiger partial charge in [-0.05, 0) is 36.8 Å². The zero-order valence-electron chi connectivity index (χ0n) is 11.1. The van der Waals surface area contributed by atoms with E-state index in [1.807, 2.05) is 12.1 Å². The molecule has 4 rings (SSSR count). The van der Waals surface area contributed by atoms with Crippen LogP contribution in [-0.4, -0.2) is 21.3 Å². The summed E-state index contributed by atoms with van der Waals surface area (Å²) in [4.78, 5) is 4.21. The molecule has 1 aliphatic heterocycles. The van der Waals surface area contributed by atoms with Crippen LogP contribution in [0.4, 0.5) is 14.6 Å². The van der Waals surface area contributed by atoms with Gasteiger partial charge in [0.25, 0.3) is 0 Å². The van der Waals surface area contributed by atoms with E-state index in [0.717, 1.165) is 23.3 Å². The third-order valence-corrected chi connectivity index (χ3v) is 3.80. The lowest BCUT2D eigenvalue weighted by molar-refractivity contribution is 0.457. The molecule has 1 aromatic carbocycles. The van der Waals surface area contributed by atoms with E-state index >= 15 is 0 Å². The Morgan fingerprint density at radius 3 is 3.05 bits per heavy atom. The van der Waals surface area contributed by atoms with Gasteiger partial charge in [0.15, 0.2) is 5.65 Å². The van der Waals surface area contributed by atoms with Crippen LogP contribution < -0.4 is 5.32 Å².